The number of rotatable bonds is 2. The lowest BCUT2D eigenvalue weighted by Gasteiger charge is -2.27. The largest absolute Gasteiger partial charge is 0.497 e. The number of hydrogen-bond donors (Lipinski definition) is 1. The van der Waals surface area contributed by atoms with Crippen molar-refractivity contribution in [2.45, 2.75) is 12.0 Å². The molecule has 5 heteroatoms. The smallest absolute Gasteiger partial charge is 0.264 e. The van der Waals surface area contributed by atoms with Crippen molar-refractivity contribution in [2.24, 2.45) is 5.92 Å². The van der Waals surface area contributed by atoms with Crippen LogP contribution in [0, 0.1) is 5.92 Å². The van der Waals surface area contributed by atoms with Crippen LogP contribution in [0.25, 0.3) is 0 Å². The number of carbonyl (C=O) groups excluding carboxylic acids is 2. The molecule has 1 aliphatic heterocycles. The van der Waals surface area contributed by atoms with Gasteiger partial charge in [-0.15, -0.1) is 0 Å². The molecule has 4 rings (SSSR count). The van der Waals surface area contributed by atoms with Gasteiger partial charge >= 0.3 is 0 Å². The summed E-state index contributed by atoms with van der Waals surface area (Å²) < 4.78 is 5.21. The highest BCUT2D eigenvalue weighted by Crippen LogP contribution is 2.48. The molecule has 24 heavy (non-hydrogen) atoms. The van der Waals surface area contributed by atoms with Gasteiger partial charge in [-0.25, -0.2) is 0 Å². The van der Waals surface area contributed by atoms with E-state index < -0.39 is 17.4 Å². The Morgan fingerprint density at radius 2 is 1.96 bits per heavy atom. The molecule has 0 bridgehead atoms. The van der Waals surface area contributed by atoms with Gasteiger partial charge in [0.2, 0.25) is 0 Å². The van der Waals surface area contributed by atoms with Gasteiger partial charge in [-0.1, -0.05) is 18.2 Å². The van der Waals surface area contributed by atoms with Gasteiger partial charge in [0.25, 0.3) is 5.91 Å². The molecule has 0 fully saturated rings. The monoisotopic (exact) mass is 323 g/mol. The van der Waals surface area contributed by atoms with Gasteiger partial charge in [0.1, 0.15) is 5.75 Å². The molecule has 1 N–H and O–H groups in total. The Morgan fingerprint density at radius 3 is 2.71 bits per heavy atom. The molecule has 2 aromatic carbocycles. The summed E-state index contributed by atoms with van der Waals surface area (Å²) in [4.78, 5) is 27.1. The van der Waals surface area contributed by atoms with Gasteiger partial charge in [0.05, 0.1) is 18.7 Å². The number of para-hydroxylation sites is 1. The van der Waals surface area contributed by atoms with Crippen LogP contribution in [0.5, 0.6) is 5.75 Å². The highest BCUT2D eigenvalue weighted by molar-refractivity contribution is 6.13. The first-order chi connectivity index (χ1) is 11.5. The zero-order chi connectivity index (χ0) is 17.1. The van der Waals surface area contributed by atoms with E-state index in [1.807, 2.05) is 6.07 Å². The fourth-order valence-electron chi connectivity index (χ4n) is 3.85. The molecular formula is C19H17NO4. The molecule has 2 aliphatic rings. The summed E-state index contributed by atoms with van der Waals surface area (Å²) in [5, 5.41) is 11.3. The van der Waals surface area contributed by atoms with Crippen molar-refractivity contribution in [1.82, 2.24) is 0 Å². The molecule has 1 aliphatic carbocycles. The average Bonchev–Trinajstić information content (AvgIpc) is 3.04. The number of carbonyl (C=O) groups is 2. The number of ether oxygens (including phenoxy) is 1. The Balaban J connectivity index is 1.82. The third-order valence-corrected chi connectivity index (χ3v) is 5.13. The van der Waals surface area contributed by atoms with Crippen molar-refractivity contribution >= 4 is 17.4 Å². The van der Waals surface area contributed by atoms with Crippen LogP contribution in [0.3, 0.4) is 0 Å². The van der Waals surface area contributed by atoms with Crippen molar-refractivity contribution in [3.05, 3.63) is 59.2 Å². The molecule has 0 saturated heterocycles. The van der Waals surface area contributed by atoms with E-state index in [4.69, 9.17) is 4.74 Å². The van der Waals surface area contributed by atoms with Gasteiger partial charge in [0.15, 0.2) is 11.4 Å². The third kappa shape index (κ3) is 1.73. The first kappa shape index (κ1) is 14.9. The SMILES string of the molecule is COc1ccc2c(c1)C[C@H]([C@]1(O)C(=O)N(C)c3ccccc31)C2=O. The number of anilines is 1. The van der Waals surface area contributed by atoms with Crippen LogP contribution in [0.1, 0.15) is 21.5 Å². The number of fused-ring (bicyclic) bond motifs is 2. The summed E-state index contributed by atoms with van der Waals surface area (Å²) in [6.45, 7) is 0. The minimum Gasteiger partial charge on any atom is -0.497 e. The summed E-state index contributed by atoms with van der Waals surface area (Å²) in [6, 6.07) is 12.3. The van der Waals surface area contributed by atoms with E-state index in [0.29, 0.717) is 29.0 Å². The second-order valence-corrected chi connectivity index (χ2v) is 6.29. The molecular weight excluding hydrogens is 306 g/mol. The summed E-state index contributed by atoms with van der Waals surface area (Å²) in [7, 11) is 3.18. The first-order valence-corrected chi connectivity index (χ1v) is 7.79. The molecule has 2 atom stereocenters. The number of Topliss-reactive ketones (excluding diaryl/α,β-unsaturated/α-hetero) is 1. The minimum absolute atomic E-state index is 0.200. The molecule has 0 aromatic heterocycles. The van der Waals surface area contributed by atoms with Crippen molar-refractivity contribution in [1.29, 1.82) is 0 Å². The Morgan fingerprint density at radius 1 is 1.21 bits per heavy atom. The molecule has 0 spiro atoms. The highest BCUT2D eigenvalue weighted by atomic mass is 16.5. The van der Waals surface area contributed by atoms with Crippen LogP contribution >= 0.6 is 0 Å². The first-order valence-electron chi connectivity index (χ1n) is 7.79. The van der Waals surface area contributed by atoms with Gasteiger partial charge < -0.3 is 14.7 Å². The van der Waals surface area contributed by atoms with Crippen LogP contribution in [0.4, 0.5) is 5.69 Å². The minimum atomic E-state index is -1.82. The molecule has 5 nitrogen and oxygen atoms in total. The fourth-order valence-corrected chi connectivity index (χ4v) is 3.85. The van der Waals surface area contributed by atoms with E-state index >= 15 is 0 Å². The van der Waals surface area contributed by atoms with E-state index in [1.54, 1.807) is 50.6 Å². The molecule has 0 unspecified atom stereocenters. The Kier molecular flexibility index (Phi) is 3.05. The van der Waals surface area contributed by atoms with E-state index in [2.05, 4.69) is 0 Å². The van der Waals surface area contributed by atoms with Gasteiger partial charge in [-0.2, -0.15) is 0 Å². The Bertz CT molecular complexity index is 875. The van der Waals surface area contributed by atoms with Gasteiger partial charge in [-0.3, -0.25) is 9.59 Å². The molecule has 122 valence electrons. The average molecular weight is 323 g/mol. The number of likely N-dealkylation sites (N-methyl/N-ethyl adjacent to an activating group) is 1. The van der Waals surface area contributed by atoms with Gasteiger partial charge in [-0.05, 0) is 36.2 Å². The number of aliphatic hydroxyl groups is 1. The van der Waals surface area contributed by atoms with Crippen molar-refractivity contribution < 1.29 is 19.4 Å². The second-order valence-electron chi connectivity index (χ2n) is 6.29. The summed E-state index contributed by atoms with van der Waals surface area (Å²) in [5.74, 6) is -0.821. The maximum Gasteiger partial charge on any atom is 0.264 e. The van der Waals surface area contributed by atoms with E-state index in [1.165, 1.54) is 4.90 Å². The summed E-state index contributed by atoms with van der Waals surface area (Å²) in [6.07, 6.45) is 0.315. The molecule has 1 amide bonds. The van der Waals surface area contributed by atoms with Crippen LogP contribution in [-0.2, 0) is 16.8 Å². The number of methoxy groups -OCH3 is 1. The van der Waals surface area contributed by atoms with Crippen LogP contribution < -0.4 is 9.64 Å². The number of benzene rings is 2. The predicted octanol–water partition coefficient (Wildman–Crippen LogP) is 1.91. The lowest BCUT2D eigenvalue weighted by molar-refractivity contribution is -0.139. The lowest BCUT2D eigenvalue weighted by atomic mass is 9.80. The van der Waals surface area contributed by atoms with Crippen LogP contribution in [0.2, 0.25) is 0 Å². The Labute approximate surface area is 139 Å². The van der Waals surface area contributed by atoms with Crippen molar-refractivity contribution in [3.8, 4) is 5.75 Å². The van der Waals surface area contributed by atoms with E-state index in [-0.39, 0.29) is 5.78 Å². The number of nitrogens with zero attached hydrogens (tertiary/aromatic N) is 1. The third-order valence-electron chi connectivity index (χ3n) is 5.13. The topological polar surface area (TPSA) is 66.8 Å². The molecule has 2 aromatic rings. The van der Waals surface area contributed by atoms with E-state index in [0.717, 1.165) is 5.56 Å². The van der Waals surface area contributed by atoms with E-state index in [9.17, 15) is 14.7 Å². The molecule has 1 heterocycles. The Hall–Kier alpha value is -2.66. The second kappa shape index (κ2) is 4.92. The lowest BCUT2D eigenvalue weighted by Crippen LogP contribution is -2.46. The summed E-state index contributed by atoms with van der Waals surface area (Å²) in [5.41, 5.74) is 0.669. The number of ketones is 1. The number of hydrogen-bond acceptors (Lipinski definition) is 4. The van der Waals surface area contributed by atoms with Crippen molar-refractivity contribution in [3.63, 3.8) is 0 Å². The standard InChI is InChI=1S/C19H17NO4/c1-20-16-6-4-3-5-14(16)19(23,18(20)22)15-10-11-9-12(24-2)7-8-13(11)17(15)21/h3-9,15,23H,10H2,1-2H3/t15-,19-/m0/s1. The van der Waals surface area contributed by atoms with Gasteiger partial charge in [0, 0.05) is 18.2 Å². The molecule has 0 saturated carbocycles. The highest BCUT2D eigenvalue weighted by Gasteiger charge is 2.57. The quantitative estimate of drug-likeness (QED) is 0.917. The zero-order valence-electron chi connectivity index (χ0n) is 13.4. The maximum atomic E-state index is 12.9. The zero-order valence-corrected chi connectivity index (χ0v) is 13.4. The number of amides is 1. The molecule has 0 radical (unpaired) electrons. The van der Waals surface area contributed by atoms with Crippen LogP contribution in [-0.4, -0.2) is 31.0 Å². The predicted molar refractivity (Wildman–Crippen MR) is 88.3 cm³/mol. The van der Waals surface area contributed by atoms with Crippen LogP contribution in [0.15, 0.2) is 42.5 Å². The normalized spacial score (nSPS) is 25.0. The maximum absolute atomic E-state index is 12.9. The van der Waals surface area contributed by atoms with Crippen molar-refractivity contribution in [2.75, 3.05) is 19.1 Å². The fraction of sp³-hybridized carbons (Fsp3) is 0.263. The summed E-state index contributed by atoms with van der Waals surface area (Å²) >= 11 is 0.